The summed E-state index contributed by atoms with van der Waals surface area (Å²) in [4.78, 5) is 25.6. The zero-order chi connectivity index (χ0) is 16.5. The highest BCUT2D eigenvalue weighted by molar-refractivity contribution is 5.92. The third-order valence-corrected chi connectivity index (χ3v) is 6.06. The molecule has 0 bridgehead atoms. The Balaban J connectivity index is 1.42. The maximum Gasteiger partial charge on any atom is 0.274 e. The summed E-state index contributed by atoms with van der Waals surface area (Å²) < 4.78 is 0. The number of anilines is 1. The fourth-order valence-corrected chi connectivity index (χ4v) is 4.64. The fraction of sp³-hybridized carbons (Fsp3) is 0.722. The van der Waals surface area contributed by atoms with Crippen LogP contribution in [-0.2, 0) is 0 Å². The molecule has 1 saturated heterocycles. The molecule has 1 amide bonds. The van der Waals surface area contributed by atoms with E-state index in [-0.39, 0.29) is 5.91 Å². The zero-order valence-corrected chi connectivity index (χ0v) is 14.4. The Kier molecular flexibility index (Phi) is 4.39. The van der Waals surface area contributed by atoms with Crippen LogP contribution in [0.4, 0.5) is 5.82 Å². The molecule has 3 atom stereocenters. The lowest BCUT2D eigenvalue weighted by Gasteiger charge is -2.32. The van der Waals surface area contributed by atoms with Crippen LogP contribution in [0, 0.1) is 11.8 Å². The topological polar surface area (TPSA) is 61.4 Å². The summed E-state index contributed by atoms with van der Waals surface area (Å²) >= 11 is 0. The van der Waals surface area contributed by atoms with Crippen molar-refractivity contribution in [2.24, 2.45) is 11.8 Å². The van der Waals surface area contributed by atoms with Gasteiger partial charge in [-0.15, -0.1) is 0 Å². The molecule has 2 heterocycles. The normalized spacial score (nSPS) is 30.4. The van der Waals surface area contributed by atoms with E-state index < -0.39 is 0 Å². The van der Waals surface area contributed by atoms with E-state index in [0.717, 1.165) is 43.8 Å². The fourth-order valence-electron chi connectivity index (χ4n) is 4.64. The quantitative estimate of drug-likeness (QED) is 0.917. The Morgan fingerprint density at radius 3 is 2.79 bits per heavy atom. The minimum Gasteiger partial charge on any atom is -0.366 e. The van der Waals surface area contributed by atoms with Crippen molar-refractivity contribution in [1.29, 1.82) is 0 Å². The van der Waals surface area contributed by atoms with Crippen molar-refractivity contribution in [2.45, 2.75) is 38.1 Å². The molecule has 1 N–H and O–H groups in total. The minimum atomic E-state index is 0.00409. The Bertz CT molecular complexity index is 599. The maximum atomic E-state index is 12.7. The van der Waals surface area contributed by atoms with Crippen LogP contribution in [0.3, 0.4) is 0 Å². The summed E-state index contributed by atoms with van der Waals surface area (Å²) in [5, 5.41) is 3.56. The van der Waals surface area contributed by atoms with Crippen molar-refractivity contribution >= 4 is 11.7 Å². The molecule has 3 fully saturated rings. The number of nitrogens with one attached hydrogen (secondary N) is 1. The van der Waals surface area contributed by atoms with E-state index in [0.29, 0.717) is 11.7 Å². The van der Waals surface area contributed by atoms with Gasteiger partial charge in [0, 0.05) is 32.2 Å². The molecule has 6 heteroatoms. The minimum absolute atomic E-state index is 0.00409. The van der Waals surface area contributed by atoms with Gasteiger partial charge in [0.15, 0.2) is 0 Å². The molecular weight excluding hydrogens is 302 g/mol. The molecular formula is C18H27N5O. The summed E-state index contributed by atoms with van der Waals surface area (Å²) in [7, 11) is 2.09. The number of nitrogens with zero attached hydrogens (tertiary/aromatic N) is 4. The molecule has 0 radical (unpaired) electrons. The van der Waals surface area contributed by atoms with Gasteiger partial charge in [0.25, 0.3) is 5.91 Å². The molecule has 0 aromatic carbocycles. The third kappa shape index (κ3) is 3.11. The first-order valence-electron chi connectivity index (χ1n) is 9.27. The van der Waals surface area contributed by atoms with Gasteiger partial charge in [-0.25, -0.2) is 4.98 Å². The standard InChI is InChI=1S/C18H27N5O/c1-22-7-9-23(10-8-22)18(24)16-11-19-12-17(21-16)20-15-6-5-13-3-2-4-14(13)15/h11-15H,2-10H2,1H3,(H,20,21)/t13-,14-,15-/m0/s1. The molecule has 0 unspecified atom stereocenters. The monoisotopic (exact) mass is 329 g/mol. The number of likely N-dealkylation sites (N-methyl/N-ethyl adjacent to an activating group) is 1. The van der Waals surface area contributed by atoms with Gasteiger partial charge in [-0.3, -0.25) is 9.78 Å². The first kappa shape index (κ1) is 15.8. The van der Waals surface area contributed by atoms with Crippen molar-refractivity contribution in [3.63, 3.8) is 0 Å². The average molecular weight is 329 g/mol. The summed E-state index contributed by atoms with van der Waals surface area (Å²) in [5.41, 5.74) is 0.463. The van der Waals surface area contributed by atoms with Gasteiger partial charge in [-0.05, 0) is 38.1 Å². The second-order valence-electron chi connectivity index (χ2n) is 7.57. The number of carbonyl (C=O) groups is 1. The van der Waals surface area contributed by atoms with Gasteiger partial charge in [-0.1, -0.05) is 12.8 Å². The van der Waals surface area contributed by atoms with Gasteiger partial charge < -0.3 is 15.1 Å². The molecule has 24 heavy (non-hydrogen) atoms. The van der Waals surface area contributed by atoms with Crippen LogP contribution in [0.25, 0.3) is 0 Å². The molecule has 2 aliphatic carbocycles. The number of amides is 1. The molecule has 1 aromatic heterocycles. The highest BCUT2D eigenvalue weighted by Crippen LogP contribution is 2.44. The zero-order valence-electron chi connectivity index (χ0n) is 14.4. The number of carbonyl (C=O) groups excluding carboxylic acids is 1. The average Bonchev–Trinajstić information content (AvgIpc) is 3.20. The molecule has 2 saturated carbocycles. The lowest BCUT2D eigenvalue weighted by Crippen LogP contribution is -2.47. The van der Waals surface area contributed by atoms with E-state index in [9.17, 15) is 4.79 Å². The highest BCUT2D eigenvalue weighted by atomic mass is 16.2. The van der Waals surface area contributed by atoms with Crippen LogP contribution < -0.4 is 5.32 Å². The van der Waals surface area contributed by atoms with Gasteiger partial charge in [0.2, 0.25) is 0 Å². The Hall–Kier alpha value is -1.69. The maximum absolute atomic E-state index is 12.7. The summed E-state index contributed by atoms with van der Waals surface area (Å²) in [6.07, 6.45) is 9.97. The molecule has 4 rings (SSSR count). The summed E-state index contributed by atoms with van der Waals surface area (Å²) in [6.45, 7) is 3.37. The number of rotatable bonds is 3. The largest absolute Gasteiger partial charge is 0.366 e. The number of piperazine rings is 1. The van der Waals surface area contributed by atoms with Crippen molar-refractivity contribution in [1.82, 2.24) is 19.8 Å². The predicted octanol–water partition coefficient (Wildman–Crippen LogP) is 1.85. The molecule has 1 aromatic rings. The third-order valence-electron chi connectivity index (χ3n) is 6.06. The molecule has 130 valence electrons. The highest BCUT2D eigenvalue weighted by Gasteiger charge is 2.39. The van der Waals surface area contributed by atoms with Crippen molar-refractivity contribution in [3.8, 4) is 0 Å². The lowest BCUT2D eigenvalue weighted by molar-refractivity contribution is 0.0658. The van der Waals surface area contributed by atoms with Crippen LogP contribution in [0.2, 0.25) is 0 Å². The van der Waals surface area contributed by atoms with Crippen molar-refractivity contribution < 1.29 is 4.79 Å². The van der Waals surface area contributed by atoms with Crippen LogP contribution in [0.5, 0.6) is 0 Å². The summed E-state index contributed by atoms with van der Waals surface area (Å²) in [5.74, 6) is 2.44. The Labute approximate surface area is 143 Å². The molecule has 3 aliphatic rings. The molecule has 0 spiro atoms. The second-order valence-corrected chi connectivity index (χ2v) is 7.57. The first-order valence-corrected chi connectivity index (χ1v) is 9.27. The smallest absolute Gasteiger partial charge is 0.274 e. The Morgan fingerprint density at radius 2 is 1.96 bits per heavy atom. The van der Waals surface area contributed by atoms with Gasteiger partial charge in [0.1, 0.15) is 11.5 Å². The SMILES string of the molecule is CN1CCN(C(=O)c2cncc(N[C@H]3CC[C@@H]4CCC[C@@H]43)n2)CC1. The molecule has 1 aliphatic heterocycles. The Morgan fingerprint density at radius 1 is 1.12 bits per heavy atom. The number of hydrogen-bond donors (Lipinski definition) is 1. The lowest BCUT2D eigenvalue weighted by atomic mass is 9.98. The van der Waals surface area contributed by atoms with Crippen LogP contribution in [-0.4, -0.2) is 64.9 Å². The van der Waals surface area contributed by atoms with Crippen molar-refractivity contribution in [2.75, 3.05) is 38.5 Å². The predicted molar refractivity (Wildman–Crippen MR) is 92.9 cm³/mol. The summed E-state index contributed by atoms with van der Waals surface area (Å²) in [6, 6.07) is 0.501. The van der Waals surface area contributed by atoms with E-state index in [4.69, 9.17) is 0 Å². The van der Waals surface area contributed by atoms with Crippen LogP contribution in [0.15, 0.2) is 12.4 Å². The number of aromatic nitrogens is 2. The first-order chi connectivity index (χ1) is 11.7. The van der Waals surface area contributed by atoms with Gasteiger partial charge in [-0.2, -0.15) is 0 Å². The van der Waals surface area contributed by atoms with E-state index in [1.165, 1.54) is 32.1 Å². The van der Waals surface area contributed by atoms with Gasteiger partial charge >= 0.3 is 0 Å². The van der Waals surface area contributed by atoms with Crippen molar-refractivity contribution in [3.05, 3.63) is 18.1 Å². The second kappa shape index (κ2) is 6.67. The van der Waals surface area contributed by atoms with E-state index in [1.54, 1.807) is 12.4 Å². The number of fused-ring (bicyclic) bond motifs is 1. The van der Waals surface area contributed by atoms with E-state index in [1.807, 2.05) is 4.90 Å². The van der Waals surface area contributed by atoms with Crippen LogP contribution >= 0.6 is 0 Å². The van der Waals surface area contributed by atoms with Gasteiger partial charge in [0.05, 0.1) is 12.4 Å². The number of hydrogen-bond acceptors (Lipinski definition) is 5. The molecule has 6 nitrogen and oxygen atoms in total. The van der Waals surface area contributed by atoms with E-state index >= 15 is 0 Å². The van der Waals surface area contributed by atoms with Crippen LogP contribution in [0.1, 0.15) is 42.6 Å². The van der Waals surface area contributed by atoms with E-state index in [2.05, 4.69) is 27.2 Å².